The minimum absolute atomic E-state index is 0.227. The Bertz CT molecular complexity index is 1180. The van der Waals surface area contributed by atoms with Crippen LogP contribution in [0.2, 0.25) is 0 Å². The summed E-state index contributed by atoms with van der Waals surface area (Å²) < 4.78 is 33.9. The number of aryl methyl sites for hydroxylation is 2. The molecule has 0 aliphatic heterocycles. The van der Waals surface area contributed by atoms with Gasteiger partial charge in [-0.05, 0) is 42.8 Å². The number of phenols is 1. The molecular formula is C21H19NO4S. The van der Waals surface area contributed by atoms with Crippen LogP contribution in [0, 0.1) is 6.92 Å². The molecule has 0 saturated heterocycles. The van der Waals surface area contributed by atoms with Crippen molar-refractivity contribution in [2.24, 2.45) is 7.05 Å². The minimum atomic E-state index is -4.47. The lowest BCUT2D eigenvalue weighted by atomic mass is 10.1. The first kappa shape index (κ1) is 18.8. The Kier molecular flexibility index (Phi) is 5.12. The molecule has 0 fully saturated rings. The molecule has 0 radical (unpaired) electrons. The van der Waals surface area contributed by atoms with Gasteiger partial charge >= 0.3 is 0 Å². The van der Waals surface area contributed by atoms with Crippen molar-refractivity contribution >= 4 is 31.9 Å². The fraction of sp³-hybridized carbons (Fsp3) is 0.0952. The number of para-hydroxylation sites is 2. The molecule has 4 rings (SSSR count). The number of aromatic hydroxyl groups is 1. The molecule has 5 nitrogen and oxygen atoms in total. The molecule has 1 heterocycles. The van der Waals surface area contributed by atoms with E-state index in [0.29, 0.717) is 5.56 Å². The molecule has 0 atom stereocenters. The zero-order chi connectivity index (χ0) is 19.6. The monoisotopic (exact) mass is 381 g/mol. The van der Waals surface area contributed by atoms with Crippen molar-refractivity contribution in [2.45, 2.75) is 11.8 Å². The Morgan fingerprint density at radius 1 is 0.852 bits per heavy atom. The van der Waals surface area contributed by atoms with Gasteiger partial charge in [-0.1, -0.05) is 30.3 Å². The normalized spacial score (nSPS) is 11.2. The van der Waals surface area contributed by atoms with E-state index in [1.54, 1.807) is 0 Å². The summed E-state index contributed by atoms with van der Waals surface area (Å²) >= 11 is 0. The molecule has 0 saturated carbocycles. The van der Waals surface area contributed by atoms with Crippen molar-refractivity contribution in [2.75, 3.05) is 0 Å². The first-order chi connectivity index (χ1) is 12.8. The largest absolute Gasteiger partial charge is 0.744 e. The molecular weight excluding hydrogens is 362 g/mol. The summed E-state index contributed by atoms with van der Waals surface area (Å²) in [6, 6.07) is 22.8. The molecule has 0 spiro atoms. The molecule has 0 amide bonds. The van der Waals surface area contributed by atoms with Crippen molar-refractivity contribution in [1.82, 2.24) is 0 Å². The van der Waals surface area contributed by atoms with Gasteiger partial charge < -0.3 is 9.66 Å². The Morgan fingerprint density at radius 2 is 1.37 bits per heavy atom. The zero-order valence-electron chi connectivity index (χ0n) is 15.0. The van der Waals surface area contributed by atoms with E-state index in [9.17, 15) is 13.0 Å². The smallest absolute Gasteiger partial charge is 0.212 e. The average Bonchev–Trinajstić information content (AvgIpc) is 2.64. The molecule has 0 aliphatic carbocycles. The van der Waals surface area contributed by atoms with Gasteiger partial charge in [-0.15, -0.1) is 0 Å². The fourth-order valence-electron chi connectivity index (χ4n) is 2.99. The topological polar surface area (TPSA) is 81.3 Å². The maximum Gasteiger partial charge on any atom is 0.212 e. The number of phenolic OH excluding ortho intramolecular Hbond substituents is 1. The number of fused-ring (bicyclic) bond motifs is 2. The standard InChI is InChI=1S/C14H12N.C7H8O4S/c1-15-13-8-4-2-6-11(13)10-12-7-3-5-9-14(12)15;1-5-2-3-6(8)4-7(5)12(9,10)11/h2-10H,1H3;2-4,8H,1H3,(H,9,10,11)/q+1;/p-1. The van der Waals surface area contributed by atoms with E-state index < -0.39 is 10.1 Å². The van der Waals surface area contributed by atoms with E-state index in [-0.39, 0.29) is 10.6 Å². The molecule has 27 heavy (non-hydrogen) atoms. The van der Waals surface area contributed by atoms with E-state index in [4.69, 9.17) is 5.11 Å². The number of hydrogen-bond acceptors (Lipinski definition) is 4. The molecule has 3 aromatic carbocycles. The van der Waals surface area contributed by atoms with Gasteiger partial charge in [-0.2, -0.15) is 4.57 Å². The van der Waals surface area contributed by atoms with Crippen molar-refractivity contribution in [3.05, 3.63) is 78.4 Å². The van der Waals surface area contributed by atoms with E-state index >= 15 is 0 Å². The highest BCUT2D eigenvalue weighted by Gasteiger charge is 2.09. The summed E-state index contributed by atoms with van der Waals surface area (Å²) in [5, 5.41) is 11.5. The van der Waals surface area contributed by atoms with Crippen molar-refractivity contribution in [3.63, 3.8) is 0 Å². The second-order valence-corrected chi connectivity index (χ2v) is 7.57. The summed E-state index contributed by atoms with van der Waals surface area (Å²) in [5.74, 6) is -0.227. The maximum atomic E-state index is 10.5. The Balaban J connectivity index is 0.000000161. The molecule has 6 heteroatoms. The van der Waals surface area contributed by atoms with Crippen LogP contribution in [0.4, 0.5) is 0 Å². The van der Waals surface area contributed by atoms with Crippen LogP contribution in [-0.4, -0.2) is 18.1 Å². The maximum absolute atomic E-state index is 10.5. The highest BCUT2D eigenvalue weighted by Crippen LogP contribution is 2.20. The van der Waals surface area contributed by atoms with Gasteiger partial charge in [0.05, 0.1) is 4.90 Å². The van der Waals surface area contributed by atoms with Gasteiger partial charge in [0, 0.05) is 22.9 Å². The Labute approximate surface area is 157 Å². The summed E-state index contributed by atoms with van der Waals surface area (Å²) in [7, 11) is -2.35. The van der Waals surface area contributed by atoms with Crippen LogP contribution in [0.5, 0.6) is 5.75 Å². The molecule has 1 N–H and O–H groups in total. The fourth-order valence-corrected chi connectivity index (χ4v) is 3.71. The molecule has 0 bridgehead atoms. The number of aromatic nitrogens is 1. The average molecular weight is 381 g/mol. The van der Waals surface area contributed by atoms with Crippen LogP contribution in [0.3, 0.4) is 0 Å². The molecule has 0 aliphatic rings. The zero-order valence-corrected chi connectivity index (χ0v) is 15.8. The lowest BCUT2D eigenvalue weighted by molar-refractivity contribution is -0.617. The lowest BCUT2D eigenvalue weighted by Gasteiger charge is -2.09. The third-order valence-corrected chi connectivity index (χ3v) is 5.33. The van der Waals surface area contributed by atoms with Crippen LogP contribution in [0.1, 0.15) is 5.56 Å². The van der Waals surface area contributed by atoms with Gasteiger partial charge in [0.25, 0.3) is 0 Å². The van der Waals surface area contributed by atoms with Gasteiger partial charge in [-0.3, -0.25) is 0 Å². The van der Waals surface area contributed by atoms with Crippen LogP contribution >= 0.6 is 0 Å². The molecule has 1 aromatic heterocycles. The lowest BCUT2D eigenvalue weighted by Crippen LogP contribution is -2.29. The molecule has 4 aromatic rings. The van der Waals surface area contributed by atoms with Gasteiger partial charge in [0.2, 0.25) is 11.0 Å². The third-order valence-electron chi connectivity index (χ3n) is 4.35. The first-order valence-electron chi connectivity index (χ1n) is 8.29. The number of pyridine rings is 1. The highest BCUT2D eigenvalue weighted by atomic mass is 32.2. The van der Waals surface area contributed by atoms with Crippen molar-refractivity contribution in [1.29, 1.82) is 0 Å². The summed E-state index contributed by atoms with van der Waals surface area (Å²) in [4.78, 5) is -0.373. The quantitative estimate of drug-likeness (QED) is 0.311. The van der Waals surface area contributed by atoms with Crippen LogP contribution < -0.4 is 4.57 Å². The number of rotatable bonds is 1. The first-order valence-corrected chi connectivity index (χ1v) is 9.70. The molecule has 138 valence electrons. The predicted molar refractivity (Wildman–Crippen MR) is 103 cm³/mol. The van der Waals surface area contributed by atoms with Crippen LogP contribution in [-0.2, 0) is 17.2 Å². The second-order valence-electron chi connectivity index (χ2n) is 6.22. The van der Waals surface area contributed by atoms with E-state index in [1.165, 1.54) is 40.9 Å². The van der Waals surface area contributed by atoms with Crippen molar-refractivity contribution < 1.29 is 22.6 Å². The van der Waals surface area contributed by atoms with E-state index in [0.717, 1.165) is 6.07 Å². The predicted octanol–water partition coefficient (Wildman–Crippen LogP) is 3.42. The molecule has 0 unspecified atom stereocenters. The third kappa shape index (κ3) is 4.07. The number of nitrogens with zero attached hydrogens (tertiary/aromatic N) is 1. The van der Waals surface area contributed by atoms with E-state index in [1.807, 2.05) is 0 Å². The van der Waals surface area contributed by atoms with Crippen LogP contribution in [0.15, 0.2) is 77.7 Å². The highest BCUT2D eigenvalue weighted by molar-refractivity contribution is 7.85. The Hall–Kier alpha value is -2.96. The Morgan fingerprint density at radius 3 is 1.85 bits per heavy atom. The van der Waals surface area contributed by atoms with Crippen LogP contribution in [0.25, 0.3) is 21.8 Å². The van der Waals surface area contributed by atoms with Gasteiger partial charge in [0.1, 0.15) is 22.9 Å². The SMILES string of the molecule is C[n+]1c2ccccc2cc2ccccc21.Cc1ccc(O)cc1S(=O)(=O)[O-]. The summed E-state index contributed by atoms with van der Waals surface area (Å²) in [5.41, 5.74) is 2.88. The van der Waals surface area contributed by atoms with Crippen molar-refractivity contribution in [3.8, 4) is 5.75 Å². The number of benzene rings is 3. The van der Waals surface area contributed by atoms with Gasteiger partial charge in [-0.25, -0.2) is 8.42 Å². The second kappa shape index (κ2) is 7.34. The van der Waals surface area contributed by atoms with E-state index in [2.05, 4.69) is 66.2 Å². The summed E-state index contributed by atoms with van der Waals surface area (Å²) in [6.45, 7) is 1.49. The number of hydrogen-bond donors (Lipinski definition) is 1. The minimum Gasteiger partial charge on any atom is -0.744 e. The summed E-state index contributed by atoms with van der Waals surface area (Å²) in [6.07, 6.45) is 0. The van der Waals surface area contributed by atoms with Gasteiger partial charge in [0.15, 0.2) is 0 Å².